The maximum Gasteiger partial charge on any atom is 0.292 e. The Hall–Kier alpha value is -3.03. The van der Waals surface area contributed by atoms with Crippen LogP contribution in [0, 0.1) is 10.1 Å². The summed E-state index contributed by atoms with van der Waals surface area (Å²) in [5.41, 5.74) is 0.988. The fourth-order valence-electron chi connectivity index (χ4n) is 1.74. The summed E-state index contributed by atoms with van der Waals surface area (Å²) in [4.78, 5) is 30.1. The summed E-state index contributed by atoms with van der Waals surface area (Å²) < 4.78 is 0. The second-order valence-electron chi connectivity index (χ2n) is 4.10. The van der Waals surface area contributed by atoms with Crippen LogP contribution < -0.4 is 10.6 Å². The smallest absolute Gasteiger partial charge is 0.292 e. The van der Waals surface area contributed by atoms with Crippen LogP contribution in [0.3, 0.4) is 0 Å². The molecule has 8 nitrogen and oxygen atoms in total. The number of nitro groups is 1. The molecular weight excluding hydrogens is 274 g/mol. The minimum Gasteiger partial charge on any atom is -0.380 e. The summed E-state index contributed by atoms with van der Waals surface area (Å²) >= 11 is 0. The van der Waals surface area contributed by atoms with Gasteiger partial charge in [-0.05, 0) is 19.1 Å². The molecule has 0 aliphatic heterocycles. The van der Waals surface area contributed by atoms with Crippen molar-refractivity contribution < 1.29 is 9.72 Å². The minimum absolute atomic E-state index is 0.0727. The summed E-state index contributed by atoms with van der Waals surface area (Å²) in [6.45, 7) is 2.33. The van der Waals surface area contributed by atoms with E-state index < -0.39 is 4.92 Å². The van der Waals surface area contributed by atoms with Gasteiger partial charge in [0.2, 0.25) is 0 Å². The number of benzene rings is 1. The van der Waals surface area contributed by atoms with Crippen molar-refractivity contribution in [2.24, 2.45) is 0 Å². The predicted octanol–water partition coefficient (Wildman–Crippen LogP) is 2.07. The first-order valence-corrected chi connectivity index (χ1v) is 6.20. The summed E-state index contributed by atoms with van der Waals surface area (Å²) in [7, 11) is 0. The van der Waals surface area contributed by atoms with E-state index in [1.54, 1.807) is 0 Å². The predicted molar refractivity (Wildman–Crippen MR) is 77.2 cm³/mol. The van der Waals surface area contributed by atoms with Crippen molar-refractivity contribution in [3.63, 3.8) is 0 Å². The van der Waals surface area contributed by atoms with E-state index in [1.807, 2.05) is 6.92 Å². The zero-order valence-corrected chi connectivity index (χ0v) is 11.2. The molecule has 0 unspecified atom stereocenters. The Bertz CT molecular complexity index is 660. The lowest BCUT2D eigenvalue weighted by molar-refractivity contribution is -0.384. The van der Waals surface area contributed by atoms with Crippen molar-refractivity contribution in [1.82, 2.24) is 9.97 Å². The quantitative estimate of drug-likeness (QED) is 0.643. The molecule has 2 N–H and O–H groups in total. The van der Waals surface area contributed by atoms with E-state index in [4.69, 9.17) is 0 Å². The third kappa shape index (κ3) is 3.50. The number of nitro benzene ring substituents is 1. The van der Waals surface area contributed by atoms with E-state index in [1.165, 1.54) is 36.9 Å². The largest absolute Gasteiger partial charge is 0.380 e. The van der Waals surface area contributed by atoms with Gasteiger partial charge in [-0.15, -0.1) is 0 Å². The molecule has 1 amide bonds. The average molecular weight is 287 g/mol. The summed E-state index contributed by atoms with van der Waals surface area (Å²) in [6, 6.07) is 4.15. The molecule has 0 atom stereocenters. The molecule has 0 radical (unpaired) electrons. The van der Waals surface area contributed by atoms with Gasteiger partial charge >= 0.3 is 0 Å². The first-order chi connectivity index (χ1) is 10.1. The fourth-order valence-corrected chi connectivity index (χ4v) is 1.74. The number of aromatic nitrogens is 2. The first kappa shape index (κ1) is 14.4. The van der Waals surface area contributed by atoms with Gasteiger partial charge in [-0.2, -0.15) is 0 Å². The molecule has 0 aliphatic carbocycles. The van der Waals surface area contributed by atoms with Crippen LogP contribution in [0.4, 0.5) is 17.1 Å². The normalized spacial score (nSPS) is 9.95. The van der Waals surface area contributed by atoms with Crippen molar-refractivity contribution in [2.75, 3.05) is 17.2 Å². The number of hydrogen-bond donors (Lipinski definition) is 2. The monoisotopic (exact) mass is 287 g/mol. The van der Waals surface area contributed by atoms with E-state index in [9.17, 15) is 14.9 Å². The maximum atomic E-state index is 12.1. The van der Waals surface area contributed by atoms with E-state index in [2.05, 4.69) is 20.6 Å². The summed E-state index contributed by atoms with van der Waals surface area (Å²) in [6.07, 6.45) is 4.27. The molecule has 0 spiro atoms. The Morgan fingerprint density at radius 2 is 2.05 bits per heavy atom. The molecule has 0 saturated heterocycles. The number of amides is 1. The molecule has 1 heterocycles. The van der Waals surface area contributed by atoms with Gasteiger partial charge in [0.05, 0.1) is 23.0 Å². The SMILES string of the molecule is CCNc1cc(C(=O)Nc2cncnc2)ccc1[N+](=O)[O-]. The molecule has 0 aliphatic rings. The Morgan fingerprint density at radius 1 is 1.33 bits per heavy atom. The number of carbonyl (C=O) groups excluding carboxylic acids is 1. The summed E-state index contributed by atoms with van der Waals surface area (Å²) in [5.74, 6) is -0.390. The van der Waals surface area contributed by atoms with Crippen LogP contribution in [0.1, 0.15) is 17.3 Å². The second-order valence-corrected chi connectivity index (χ2v) is 4.10. The topological polar surface area (TPSA) is 110 Å². The van der Waals surface area contributed by atoms with Crippen molar-refractivity contribution in [3.8, 4) is 0 Å². The Balaban J connectivity index is 2.25. The highest BCUT2D eigenvalue weighted by Crippen LogP contribution is 2.25. The molecule has 2 aromatic rings. The van der Waals surface area contributed by atoms with Gasteiger partial charge in [-0.25, -0.2) is 9.97 Å². The number of anilines is 2. The number of hydrogen-bond acceptors (Lipinski definition) is 6. The Kier molecular flexibility index (Phi) is 4.39. The molecule has 0 saturated carbocycles. The third-order valence-electron chi connectivity index (χ3n) is 2.64. The molecular formula is C13H13N5O3. The maximum absolute atomic E-state index is 12.1. The van der Waals surface area contributed by atoms with Gasteiger partial charge in [0.25, 0.3) is 11.6 Å². The highest BCUT2D eigenvalue weighted by Gasteiger charge is 2.16. The molecule has 21 heavy (non-hydrogen) atoms. The lowest BCUT2D eigenvalue weighted by Crippen LogP contribution is -2.13. The Morgan fingerprint density at radius 3 is 2.67 bits per heavy atom. The van der Waals surface area contributed by atoms with Gasteiger partial charge in [0.15, 0.2) is 0 Å². The number of nitrogens with zero attached hydrogens (tertiary/aromatic N) is 3. The van der Waals surface area contributed by atoms with Crippen LogP contribution in [-0.2, 0) is 0 Å². The van der Waals surface area contributed by atoms with Gasteiger partial charge in [-0.3, -0.25) is 14.9 Å². The van der Waals surface area contributed by atoms with Crippen LogP contribution in [0.2, 0.25) is 0 Å². The van der Waals surface area contributed by atoms with Crippen molar-refractivity contribution in [1.29, 1.82) is 0 Å². The Labute approximate surface area is 120 Å². The van der Waals surface area contributed by atoms with Crippen LogP contribution in [-0.4, -0.2) is 27.3 Å². The lowest BCUT2D eigenvalue weighted by atomic mass is 10.1. The van der Waals surface area contributed by atoms with Gasteiger partial charge in [0.1, 0.15) is 12.0 Å². The standard InChI is InChI=1S/C13H13N5O3/c1-2-16-11-5-9(3-4-12(11)18(20)21)13(19)17-10-6-14-8-15-7-10/h3-8,16H,2H2,1H3,(H,17,19). The van der Waals surface area contributed by atoms with Gasteiger partial charge < -0.3 is 10.6 Å². The molecule has 0 bridgehead atoms. The zero-order valence-electron chi connectivity index (χ0n) is 11.2. The number of rotatable bonds is 5. The second kappa shape index (κ2) is 6.42. The lowest BCUT2D eigenvalue weighted by Gasteiger charge is -2.08. The molecule has 0 fully saturated rings. The molecule has 1 aromatic heterocycles. The van der Waals surface area contributed by atoms with Crippen molar-refractivity contribution in [2.45, 2.75) is 6.92 Å². The van der Waals surface area contributed by atoms with E-state index in [0.29, 0.717) is 23.5 Å². The van der Waals surface area contributed by atoms with Crippen molar-refractivity contribution in [3.05, 3.63) is 52.6 Å². The highest BCUT2D eigenvalue weighted by atomic mass is 16.6. The van der Waals surface area contributed by atoms with E-state index in [0.717, 1.165) is 0 Å². The molecule has 8 heteroatoms. The number of nitrogens with one attached hydrogen (secondary N) is 2. The third-order valence-corrected chi connectivity index (χ3v) is 2.64. The number of carbonyl (C=O) groups is 1. The van der Waals surface area contributed by atoms with Crippen LogP contribution >= 0.6 is 0 Å². The molecule has 2 rings (SSSR count). The average Bonchev–Trinajstić information content (AvgIpc) is 2.48. The van der Waals surface area contributed by atoms with Gasteiger partial charge in [0, 0.05) is 18.2 Å². The van der Waals surface area contributed by atoms with E-state index in [-0.39, 0.29) is 11.6 Å². The minimum atomic E-state index is -0.495. The van der Waals surface area contributed by atoms with Gasteiger partial charge in [-0.1, -0.05) is 0 Å². The molecule has 108 valence electrons. The molecule has 1 aromatic carbocycles. The van der Waals surface area contributed by atoms with Crippen LogP contribution in [0.5, 0.6) is 0 Å². The van der Waals surface area contributed by atoms with Crippen LogP contribution in [0.15, 0.2) is 36.9 Å². The fraction of sp³-hybridized carbons (Fsp3) is 0.154. The van der Waals surface area contributed by atoms with Crippen LogP contribution in [0.25, 0.3) is 0 Å². The van der Waals surface area contributed by atoms with E-state index >= 15 is 0 Å². The zero-order chi connectivity index (χ0) is 15.2. The first-order valence-electron chi connectivity index (χ1n) is 6.20. The highest BCUT2D eigenvalue weighted by molar-refractivity contribution is 6.05. The van der Waals surface area contributed by atoms with Crippen molar-refractivity contribution >= 4 is 23.0 Å². The summed E-state index contributed by atoms with van der Waals surface area (Å²) in [5, 5.41) is 16.4.